The van der Waals surface area contributed by atoms with E-state index in [1.807, 2.05) is 12.3 Å². The normalized spacial score (nSPS) is 13.4. The molecule has 0 fully saturated rings. The van der Waals surface area contributed by atoms with Gasteiger partial charge >= 0.3 is 5.69 Å². The largest absolute Gasteiger partial charge is 0.347 e. The number of amides is 1. The highest BCUT2D eigenvalue weighted by molar-refractivity contribution is 5.81. The van der Waals surface area contributed by atoms with E-state index >= 15 is 0 Å². The highest BCUT2D eigenvalue weighted by Crippen LogP contribution is 2.20. The van der Waals surface area contributed by atoms with Gasteiger partial charge < -0.3 is 14.5 Å². The first-order chi connectivity index (χ1) is 12.0. The second-order valence-corrected chi connectivity index (χ2v) is 6.44. The summed E-state index contributed by atoms with van der Waals surface area (Å²) < 4.78 is 2.06. The minimum atomic E-state index is -0.535. The van der Waals surface area contributed by atoms with Crippen LogP contribution in [-0.4, -0.2) is 25.3 Å². The molecule has 2 N–H and O–H groups in total. The first-order valence-corrected chi connectivity index (χ1v) is 8.19. The number of carbonyl (C=O) groups is 1. The summed E-state index contributed by atoms with van der Waals surface area (Å²) in [7, 11) is 0. The highest BCUT2D eigenvalue weighted by Gasteiger charge is 2.26. The maximum Gasteiger partial charge on any atom is 0.325 e. The van der Waals surface area contributed by atoms with Crippen LogP contribution in [0.4, 0.5) is 0 Å². The van der Waals surface area contributed by atoms with Crippen molar-refractivity contribution in [2.75, 3.05) is 0 Å². The molecule has 1 aromatic carbocycles. The molecule has 1 aliphatic rings. The van der Waals surface area contributed by atoms with E-state index < -0.39 is 11.2 Å². The lowest BCUT2D eigenvalue weighted by Crippen LogP contribution is -2.27. The Kier molecular flexibility index (Phi) is 3.56. The molecule has 0 saturated heterocycles. The number of hydrogen-bond acceptors (Lipinski definition) is 3. The minimum absolute atomic E-state index is 0.0367. The van der Waals surface area contributed by atoms with Gasteiger partial charge in [-0.1, -0.05) is 11.6 Å². The Morgan fingerprint density at radius 3 is 2.84 bits per heavy atom. The topological polar surface area (TPSA) is 91.0 Å². The van der Waals surface area contributed by atoms with Gasteiger partial charge in [0.25, 0.3) is 5.56 Å². The number of fused-ring (bicyclic) bond motifs is 2. The molecule has 2 aromatic heterocycles. The first-order valence-electron chi connectivity index (χ1n) is 8.19. The molecular formula is C18H18N4O3. The fourth-order valence-electron chi connectivity index (χ4n) is 3.36. The van der Waals surface area contributed by atoms with Crippen molar-refractivity contribution in [1.82, 2.24) is 19.4 Å². The van der Waals surface area contributed by atoms with Gasteiger partial charge in [-0.15, -0.1) is 0 Å². The monoisotopic (exact) mass is 338 g/mol. The van der Waals surface area contributed by atoms with E-state index in [2.05, 4.69) is 39.7 Å². The summed E-state index contributed by atoms with van der Waals surface area (Å²) in [6, 6.07) is 8.28. The van der Waals surface area contributed by atoms with Crippen LogP contribution in [0.2, 0.25) is 0 Å². The summed E-state index contributed by atoms with van der Waals surface area (Å²) in [5.41, 5.74) is 2.35. The molecule has 25 heavy (non-hydrogen) atoms. The summed E-state index contributed by atoms with van der Waals surface area (Å²) >= 11 is 0. The molecule has 0 saturated carbocycles. The quantitative estimate of drug-likeness (QED) is 0.753. The van der Waals surface area contributed by atoms with Gasteiger partial charge in [0.05, 0.1) is 18.7 Å². The van der Waals surface area contributed by atoms with Gasteiger partial charge in [0.2, 0.25) is 5.91 Å². The lowest BCUT2D eigenvalue weighted by molar-refractivity contribution is -0.132. The van der Waals surface area contributed by atoms with Crippen LogP contribution in [0.5, 0.6) is 0 Å². The summed E-state index contributed by atoms with van der Waals surface area (Å²) in [5.74, 6) is -0.0367. The molecule has 0 bridgehead atoms. The Morgan fingerprint density at radius 1 is 1.16 bits per heavy atom. The zero-order valence-electron chi connectivity index (χ0n) is 13.8. The molecule has 7 nitrogen and oxygen atoms in total. The summed E-state index contributed by atoms with van der Waals surface area (Å²) in [5, 5.41) is 1.16. The Hall–Kier alpha value is -3.09. The number of rotatable bonds is 3. The standard InChI is InChI=1S/C18H18N4O3/c1-11-2-3-15-12(8-11)4-6-21(15)7-5-16(23)22-9-13-14(10-22)19-18(25)20-17(13)24/h2-4,6,8H,5,7,9-10H2,1H3,(H2,19,20,24,25). The van der Waals surface area contributed by atoms with Crippen molar-refractivity contribution in [3.8, 4) is 0 Å². The van der Waals surface area contributed by atoms with E-state index in [4.69, 9.17) is 0 Å². The molecule has 0 aliphatic carbocycles. The summed E-state index contributed by atoms with van der Waals surface area (Å²) in [4.78, 5) is 42.0. The molecular weight excluding hydrogens is 320 g/mol. The predicted octanol–water partition coefficient (Wildman–Crippen LogP) is 1.26. The average molecular weight is 338 g/mol. The van der Waals surface area contributed by atoms with Crippen molar-refractivity contribution in [3.05, 3.63) is 68.1 Å². The number of H-pyrrole nitrogens is 2. The second-order valence-electron chi connectivity index (χ2n) is 6.44. The van der Waals surface area contributed by atoms with E-state index in [1.54, 1.807) is 4.90 Å². The smallest absolute Gasteiger partial charge is 0.325 e. The highest BCUT2D eigenvalue weighted by atomic mass is 16.2. The number of benzene rings is 1. The van der Waals surface area contributed by atoms with Gasteiger partial charge in [0.1, 0.15) is 0 Å². The maximum atomic E-state index is 12.5. The Morgan fingerprint density at radius 2 is 2.00 bits per heavy atom. The van der Waals surface area contributed by atoms with Crippen LogP contribution < -0.4 is 11.2 Å². The number of hydrogen-bond donors (Lipinski definition) is 2. The van der Waals surface area contributed by atoms with E-state index in [1.165, 1.54) is 5.56 Å². The number of aromatic amines is 2. The third-order valence-electron chi connectivity index (χ3n) is 4.67. The fraction of sp³-hybridized carbons (Fsp3) is 0.278. The van der Waals surface area contributed by atoms with Crippen molar-refractivity contribution >= 4 is 16.8 Å². The lowest BCUT2D eigenvalue weighted by Gasteiger charge is -2.15. The summed E-state index contributed by atoms with van der Waals surface area (Å²) in [6.45, 7) is 3.15. The Bertz CT molecular complexity index is 1090. The van der Waals surface area contributed by atoms with E-state index in [-0.39, 0.29) is 19.0 Å². The van der Waals surface area contributed by atoms with E-state index in [9.17, 15) is 14.4 Å². The summed E-state index contributed by atoms with van der Waals surface area (Å²) in [6.07, 6.45) is 2.33. The van der Waals surface area contributed by atoms with Crippen LogP contribution in [0.3, 0.4) is 0 Å². The third-order valence-corrected chi connectivity index (χ3v) is 4.67. The molecule has 0 unspecified atom stereocenters. The van der Waals surface area contributed by atoms with Gasteiger partial charge in [-0.05, 0) is 30.5 Å². The molecule has 4 rings (SSSR count). The molecule has 1 aliphatic heterocycles. The molecule has 0 atom stereocenters. The molecule has 7 heteroatoms. The van der Waals surface area contributed by atoms with Crippen molar-refractivity contribution in [2.24, 2.45) is 0 Å². The zero-order chi connectivity index (χ0) is 17.6. The Labute approximate surface area is 142 Å². The lowest BCUT2D eigenvalue weighted by atomic mass is 10.2. The van der Waals surface area contributed by atoms with Gasteiger partial charge in [-0.25, -0.2) is 4.79 Å². The average Bonchev–Trinajstić information content (AvgIpc) is 3.16. The predicted molar refractivity (Wildman–Crippen MR) is 93.2 cm³/mol. The van der Waals surface area contributed by atoms with Gasteiger partial charge in [0, 0.05) is 30.4 Å². The molecule has 0 spiro atoms. The first kappa shape index (κ1) is 15.4. The van der Waals surface area contributed by atoms with Crippen LogP contribution in [0, 0.1) is 6.92 Å². The number of carbonyl (C=O) groups excluding carboxylic acids is 1. The molecule has 0 radical (unpaired) electrons. The Balaban J connectivity index is 1.47. The van der Waals surface area contributed by atoms with Crippen molar-refractivity contribution in [1.29, 1.82) is 0 Å². The van der Waals surface area contributed by atoms with Crippen molar-refractivity contribution in [3.63, 3.8) is 0 Å². The SMILES string of the molecule is Cc1ccc2c(ccn2CCC(=O)N2Cc3[nH]c(=O)[nH]c(=O)c3C2)c1. The van der Waals surface area contributed by atoms with Crippen LogP contribution in [-0.2, 0) is 24.4 Å². The second kappa shape index (κ2) is 5.77. The maximum absolute atomic E-state index is 12.5. The van der Waals surface area contributed by atoms with Crippen LogP contribution in [0.15, 0.2) is 40.1 Å². The number of nitrogens with zero attached hydrogens (tertiary/aromatic N) is 2. The zero-order valence-corrected chi connectivity index (χ0v) is 13.8. The third kappa shape index (κ3) is 2.77. The van der Waals surface area contributed by atoms with Gasteiger partial charge in [-0.3, -0.25) is 14.6 Å². The number of nitrogens with one attached hydrogen (secondary N) is 2. The number of aryl methyl sites for hydroxylation is 2. The van der Waals surface area contributed by atoms with Gasteiger partial charge in [0.15, 0.2) is 0 Å². The number of aromatic nitrogens is 3. The molecule has 128 valence electrons. The van der Waals surface area contributed by atoms with E-state index in [0.29, 0.717) is 24.2 Å². The van der Waals surface area contributed by atoms with E-state index in [0.717, 1.165) is 10.9 Å². The fourth-order valence-corrected chi connectivity index (χ4v) is 3.36. The van der Waals surface area contributed by atoms with Crippen LogP contribution in [0.1, 0.15) is 23.2 Å². The molecule has 1 amide bonds. The minimum Gasteiger partial charge on any atom is -0.347 e. The van der Waals surface area contributed by atoms with Crippen molar-refractivity contribution < 1.29 is 4.79 Å². The molecule has 3 heterocycles. The van der Waals surface area contributed by atoms with Crippen molar-refractivity contribution in [2.45, 2.75) is 33.0 Å². The van der Waals surface area contributed by atoms with Crippen LogP contribution in [0.25, 0.3) is 10.9 Å². The van der Waals surface area contributed by atoms with Gasteiger partial charge in [-0.2, -0.15) is 0 Å². The molecule has 3 aromatic rings. The van der Waals surface area contributed by atoms with Crippen LogP contribution >= 0.6 is 0 Å².